The largest absolute Gasteiger partial charge is 0.387 e. The number of carbonyl (C=O) groups excluding carboxylic acids is 1. The normalized spacial score (nSPS) is 22.1. The van der Waals surface area contributed by atoms with Crippen LogP contribution in [0.4, 0.5) is 5.69 Å². The van der Waals surface area contributed by atoms with E-state index in [1.165, 1.54) is 0 Å². The third-order valence-corrected chi connectivity index (χ3v) is 6.93. The van der Waals surface area contributed by atoms with E-state index in [1.54, 1.807) is 12.1 Å². The minimum absolute atomic E-state index is 0.0638. The Morgan fingerprint density at radius 1 is 1.29 bits per heavy atom. The second-order valence-electron chi connectivity index (χ2n) is 9.02. The molecule has 3 atom stereocenters. The average Bonchev–Trinajstić information content (AvgIpc) is 3.27. The number of imidazole rings is 1. The van der Waals surface area contributed by atoms with Gasteiger partial charge in [0.25, 0.3) is 0 Å². The summed E-state index contributed by atoms with van der Waals surface area (Å²) < 4.78 is 5.48. The molecular weight excluding hydrogens is 454 g/mol. The molecule has 180 valence electrons. The lowest BCUT2D eigenvalue weighted by Gasteiger charge is -2.31. The molecule has 2 aromatic carbocycles. The van der Waals surface area contributed by atoms with Crippen LogP contribution < -0.4 is 15.5 Å². The maximum absolute atomic E-state index is 12.9. The molecule has 2 saturated heterocycles. The van der Waals surface area contributed by atoms with Crippen molar-refractivity contribution in [3.63, 3.8) is 0 Å². The lowest BCUT2D eigenvalue weighted by atomic mass is 9.91. The van der Waals surface area contributed by atoms with E-state index < -0.39 is 12.0 Å². The number of aliphatic hydroxyl groups excluding tert-OH is 1. The predicted molar refractivity (Wildman–Crippen MR) is 132 cm³/mol. The molecule has 0 spiro atoms. The molecule has 5 rings (SSSR count). The van der Waals surface area contributed by atoms with Crippen LogP contribution >= 0.6 is 11.6 Å². The number of hydrogen-bond donors (Lipinski definition) is 4. The van der Waals surface area contributed by atoms with Crippen LogP contribution in [0.2, 0.25) is 5.02 Å². The van der Waals surface area contributed by atoms with Gasteiger partial charge in [0.1, 0.15) is 11.7 Å². The molecule has 34 heavy (non-hydrogen) atoms. The number of ether oxygens (including phenoxy) is 1. The number of anilines is 1. The third-order valence-electron chi connectivity index (χ3n) is 6.70. The van der Waals surface area contributed by atoms with E-state index in [0.29, 0.717) is 23.9 Å². The number of piperidine rings is 1. The molecule has 2 unspecified atom stereocenters. The van der Waals surface area contributed by atoms with Crippen LogP contribution in [0.15, 0.2) is 36.4 Å². The van der Waals surface area contributed by atoms with Gasteiger partial charge in [0.05, 0.1) is 30.4 Å². The number of hydrogen-bond acceptors (Lipinski definition) is 6. The summed E-state index contributed by atoms with van der Waals surface area (Å²) in [7, 11) is 0. The highest BCUT2D eigenvalue weighted by atomic mass is 35.5. The maximum Gasteiger partial charge on any atom is 0.232 e. The fourth-order valence-corrected chi connectivity index (χ4v) is 5.08. The van der Waals surface area contributed by atoms with Crippen LogP contribution in [0.3, 0.4) is 0 Å². The summed E-state index contributed by atoms with van der Waals surface area (Å²) in [5.74, 6) is 0.106. The molecule has 4 N–H and O–H groups in total. The van der Waals surface area contributed by atoms with Crippen molar-refractivity contribution >= 4 is 34.2 Å². The first-order valence-corrected chi connectivity index (χ1v) is 12.1. The number of morpholine rings is 1. The number of fused-ring (bicyclic) bond motifs is 1. The van der Waals surface area contributed by atoms with Crippen LogP contribution in [0.5, 0.6) is 0 Å². The van der Waals surface area contributed by atoms with Gasteiger partial charge in [-0.3, -0.25) is 4.79 Å². The smallest absolute Gasteiger partial charge is 0.232 e. The number of amides is 1. The fourth-order valence-electron chi connectivity index (χ4n) is 4.88. The zero-order valence-corrected chi connectivity index (χ0v) is 19.9. The zero-order chi connectivity index (χ0) is 23.7. The number of aryl methyl sites for hydroxylation is 1. The summed E-state index contributed by atoms with van der Waals surface area (Å²) in [5.41, 5.74) is 4.75. The van der Waals surface area contributed by atoms with Gasteiger partial charge in [0, 0.05) is 42.9 Å². The molecule has 0 saturated carbocycles. The number of halogens is 1. The van der Waals surface area contributed by atoms with Gasteiger partial charge in [-0.2, -0.15) is 0 Å². The van der Waals surface area contributed by atoms with Crippen molar-refractivity contribution in [3.8, 4) is 0 Å². The van der Waals surface area contributed by atoms with E-state index in [0.717, 1.165) is 60.6 Å². The zero-order valence-electron chi connectivity index (χ0n) is 19.2. The predicted octanol–water partition coefficient (Wildman–Crippen LogP) is 2.66. The Kier molecular flexibility index (Phi) is 6.74. The molecular formula is C25H30ClN5O3. The molecule has 3 aromatic rings. The lowest BCUT2D eigenvalue weighted by Crippen LogP contribution is -2.50. The van der Waals surface area contributed by atoms with Crippen LogP contribution in [-0.4, -0.2) is 66.4 Å². The van der Waals surface area contributed by atoms with Gasteiger partial charge in [0.2, 0.25) is 5.91 Å². The summed E-state index contributed by atoms with van der Waals surface area (Å²) in [6, 6.07) is 11.3. The molecule has 0 aliphatic carbocycles. The molecule has 2 fully saturated rings. The summed E-state index contributed by atoms with van der Waals surface area (Å²) in [4.78, 5) is 23.5. The van der Waals surface area contributed by atoms with Crippen LogP contribution in [0.1, 0.15) is 35.4 Å². The van der Waals surface area contributed by atoms with E-state index in [2.05, 4.69) is 39.6 Å². The van der Waals surface area contributed by atoms with Crippen LogP contribution in [0.25, 0.3) is 11.0 Å². The molecule has 8 nitrogen and oxygen atoms in total. The summed E-state index contributed by atoms with van der Waals surface area (Å²) in [6.45, 7) is 6.12. The SMILES string of the molecule is Cc1cc(N2CCOCC2)cc2[nH]c(C3C(=O)NCCC3NC[C@@H](O)c3cccc(Cl)c3)nc12. The summed E-state index contributed by atoms with van der Waals surface area (Å²) in [5, 5.41) is 17.6. The molecule has 3 heterocycles. The van der Waals surface area contributed by atoms with Crippen molar-refractivity contribution in [2.75, 3.05) is 44.3 Å². The third kappa shape index (κ3) is 4.77. The number of H-pyrrole nitrogens is 1. The van der Waals surface area contributed by atoms with Crippen molar-refractivity contribution in [2.45, 2.75) is 31.4 Å². The molecule has 2 aliphatic heterocycles. The number of aromatic nitrogens is 2. The highest BCUT2D eigenvalue weighted by Gasteiger charge is 2.36. The fraction of sp³-hybridized carbons (Fsp3) is 0.440. The summed E-state index contributed by atoms with van der Waals surface area (Å²) in [6.07, 6.45) is 0.0200. The standard InChI is InChI=1S/C25H30ClN5O3/c1-15-11-18(31-7-9-34-10-8-31)13-20-23(15)30-24(29-20)22-19(5-6-27-25(22)33)28-14-21(32)16-3-2-4-17(26)12-16/h2-4,11-13,19,21-22,28,32H,5-10,14H2,1H3,(H,27,33)(H,29,30)/t19?,21-,22?/m1/s1. The molecule has 2 aliphatic rings. The van der Waals surface area contributed by atoms with Crippen molar-refractivity contribution in [2.24, 2.45) is 0 Å². The summed E-state index contributed by atoms with van der Waals surface area (Å²) >= 11 is 6.07. The van der Waals surface area contributed by atoms with Crippen molar-refractivity contribution in [1.29, 1.82) is 0 Å². The topological polar surface area (TPSA) is 103 Å². The number of aliphatic hydroxyl groups is 1. The second-order valence-corrected chi connectivity index (χ2v) is 9.46. The Labute approximate surface area is 203 Å². The first kappa shape index (κ1) is 23.1. The van der Waals surface area contributed by atoms with Crippen molar-refractivity contribution in [1.82, 2.24) is 20.6 Å². The molecule has 0 radical (unpaired) electrons. The van der Waals surface area contributed by atoms with Gasteiger partial charge in [-0.25, -0.2) is 4.98 Å². The Morgan fingerprint density at radius 2 is 2.12 bits per heavy atom. The molecule has 1 aromatic heterocycles. The Balaban J connectivity index is 1.37. The van der Waals surface area contributed by atoms with E-state index >= 15 is 0 Å². The van der Waals surface area contributed by atoms with Crippen LogP contribution in [-0.2, 0) is 9.53 Å². The Hall–Kier alpha value is -2.65. The molecule has 0 bridgehead atoms. The van der Waals surface area contributed by atoms with Gasteiger partial charge in [-0.1, -0.05) is 23.7 Å². The number of nitrogens with one attached hydrogen (secondary N) is 3. The lowest BCUT2D eigenvalue weighted by molar-refractivity contribution is -0.124. The number of benzene rings is 2. The van der Waals surface area contributed by atoms with Gasteiger partial charge in [0.15, 0.2) is 0 Å². The number of nitrogens with zero attached hydrogens (tertiary/aromatic N) is 2. The number of aromatic amines is 1. The monoisotopic (exact) mass is 483 g/mol. The van der Waals surface area contributed by atoms with E-state index in [9.17, 15) is 9.90 Å². The Morgan fingerprint density at radius 3 is 2.91 bits per heavy atom. The highest BCUT2D eigenvalue weighted by Crippen LogP contribution is 2.30. The molecule has 1 amide bonds. The van der Waals surface area contributed by atoms with E-state index in [1.807, 2.05) is 12.1 Å². The average molecular weight is 484 g/mol. The quantitative estimate of drug-likeness (QED) is 0.430. The highest BCUT2D eigenvalue weighted by molar-refractivity contribution is 6.30. The minimum atomic E-state index is -0.724. The first-order valence-electron chi connectivity index (χ1n) is 11.8. The van der Waals surface area contributed by atoms with Crippen molar-refractivity contribution in [3.05, 3.63) is 58.4 Å². The van der Waals surface area contributed by atoms with Gasteiger partial charge < -0.3 is 30.4 Å². The first-order chi connectivity index (χ1) is 16.5. The number of carbonyl (C=O) groups is 1. The number of rotatable bonds is 6. The Bertz CT molecular complexity index is 1180. The van der Waals surface area contributed by atoms with Crippen LogP contribution in [0, 0.1) is 6.92 Å². The minimum Gasteiger partial charge on any atom is -0.387 e. The van der Waals surface area contributed by atoms with Crippen molar-refractivity contribution < 1.29 is 14.6 Å². The van der Waals surface area contributed by atoms with E-state index in [4.69, 9.17) is 21.3 Å². The second kappa shape index (κ2) is 9.92. The maximum atomic E-state index is 12.9. The van der Waals surface area contributed by atoms with Gasteiger partial charge in [-0.15, -0.1) is 0 Å². The van der Waals surface area contributed by atoms with E-state index in [-0.39, 0.29) is 11.9 Å². The molecule has 9 heteroatoms. The van der Waals surface area contributed by atoms with Gasteiger partial charge in [-0.05, 0) is 48.7 Å². The van der Waals surface area contributed by atoms with Gasteiger partial charge >= 0.3 is 0 Å².